The molecule has 2 aliphatic rings. The average molecular weight is 326 g/mol. The summed E-state index contributed by atoms with van der Waals surface area (Å²) < 4.78 is 31.3. The lowest BCUT2D eigenvalue weighted by Gasteiger charge is -2.37. The van der Waals surface area contributed by atoms with Crippen molar-refractivity contribution in [3.05, 3.63) is 18.2 Å². The molecule has 1 unspecified atom stereocenters. The third-order valence-corrected chi connectivity index (χ3v) is 6.98. The molecule has 0 aliphatic carbocycles. The normalized spacial score (nSPS) is 24.9. The molecule has 0 N–H and O–H groups in total. The maximum Gasteiger partial charge on any atom is 0.282 e. The molecule has 124 valence electrons. The van der Waals surface area contributed by atoms with E-state index in [-0.39, 0.29) is 6.04 Å². The zero-order valence-electron chi connectivity index (χ0n) is 13.3. The number of hydrogen-bond donors (Lipinski definition) is 0. The van der Waals surface area contributed by atoms with Crippen LogP contribution in [0, 0.1) is 6.92 Å². The van der Waals surface area contributed by atoms with Crippen LogP contribution in [-0.4, -0.2) is 52.3 Å². The van der Waals surface area contributed by atoms with E-state index >= 15 is 0 Å². The van der Waals surface area contributed by atoms with Gasteiger partial charge in [0.2, 0.25) is 0 Å². The molecule has 3 heterocycles. The molecule has 0 saturated carbocycles. The van der Waals surface area contributed by atoms with Crippen molar-refractivity contribution in [1.29, 1.82) is 0 Å². The first kappa shape index (κ1) is 16.0. The smallest absolute Gasteiger partial charge is 0.282 e. The summed E-state index contributed by atoms with van der Waals surface area (Å²) in [7, 11) is -3.27. The molecular formula is C15H26N4O2S. The maximum atomic E-state index is 12.9. The Bertz CT molecular complexity index is 592. The Labute approximate surface area is 133 Å². The summed E-state index contributed by atoms with van der Waals surface area (Å²) in [5, 5.41) is 0. The van der Waals surface area contributed by atoms with Crippen molar-refractivity contribution >= 4 is 10.2 Å². The van der Waals surface area contributed by atoms with E-state index in [1.165, 1.54) is 0 Å². The fraction of sp³-hybridized carbons (Fsp3) is 0.800. The number of hydrogen-bond acceptors (Lipinski definition) is 3. The van der Waals surface area contributed by atoms with E-state index in [4.69, 9.17) is 0 Å². The highest BCUT2D eigenvalue weighted by Crippen LogP contribution is 2.27. The quantitative estimate of drug-likeness (QED) is 0.829. The first-order valence-electron chi connectivity index (χ1n) is 8.34. The number of imidazole rings is 1. The first-order valence-corrected chi connectivity index (χ1v) is 9.73. The molecule has 0 bridgehead atoms. The van der Waals surface area contributed by atoms with Gasteiger partial charge in [-0.25, -0.2) is 4.98 Å². The summed E-state index contributed by atoms with van der Waals surface area (Å²) in [5.41, 5.74) is 0. The zero-order valence-corrected chi connectivity index (χ0v) is 14.1. The second kappa shape index (κ2) is 6.68. The monoisotopic (exact) mass is 326 g/mol. The molecule has 1 atom stereocenters. The molecule has 7 heteroatoms. The minimum atomic E-state index is -3.27. The van der Waals surface area contributed by atoms with Gasteiger partial charge >= 0.3 is 0 Å². The van der Waals surface area contributed by atoms with Gasteiger partial charge in [0.25, 0.3) is 10.2 Å². The highest BCUT2D eigenvalue weighted by atomic mass is 32.2. The summed E-state index contributed by atoms with van der Waals surface area (Å²) in [6.07, 6.45) is 9.70. The van der Waals surface area contributed by atoms with Crippen LogP contribution < -0.4 is 0 Å². The lowest BCUT2D eigenvalue weighted by Crippen LogP contribution is -2.50. The SMILES string of the molecule is Cc1nccn1CCC1CCCCN1S(=O)(=O)N1CCCC1. The number of aryl methyl sites for hydroxylation is 2. The Morgan fingerprint density at radius 3 is 2.59 bits per heavy atom. The summed E-state index contributed by atoms with van der Waals surface area (Å²) in [6.45, 7) is 4.87. The van der Waals surface area contributed by atoms with Crippen molar-refractivity contribution in [2.24, 2.45) is 0 Å². The molecule has 1 aromatic heterocycles. The van der Waals surface area contributed by atoms with Crippen LogP contribution in [0.5, 0.6) is 0 Å². The molecule has 0 spiro atoms. The van der Waals surface area contributed by atoms with Crippen LogP contribution in [0.15, 0.2) is 12.4 Å². The highest BCUT2D eigenvalue weighted by Gasteiger charge is 2.37. The van der Waals surface area contributed by atoms with Gasteiger partial charge in [0.05, 0.1) is 0 Å². The van der Waals surface area contributed by atoms with E-state index < -0.39 is 10.2 Å². The third-order valence-electron chi connectivity index (χ3n) is 4.89. The number of piperidine rings is 1. The van der Waals surface area contributed by atoms with Gasteiger partial charge in [0.1, 0.15) is 5.82 Å². The molecule has 1 aromatic rings. The van der Waals surface area contributed by atoms with Gasteiger partial charge in [-0.2, -0.15) is 17.0 Å². The van der Waals surface area contributed by atoms with Crippen molar-refractivity contribution in [1.82, 2.24) is 18.2 Å². The van der Waals surface area contributed by atoms with Gasteiger partial charge in [0.15, 0.2) is 0 Å². The van der Waals surface area contributed by atoms with E-state index in [1.807, 2.05) is 13.1 Å². The minimum Gasteiger partial charge on any atom is -0.335 e. The Balaban J connectivity index is 1.69. The zero-order chi connectivity index (χ0) is 15.6. The van der Waals surface area contributed by atoms with E-state index in [0.717, 1.165) is 50.9 Å². The minimum absolute atomic E-state index is 0.126. The van der Waals surface area contributed by atoms with E-state index in [2.05, 4.69) is 9.55 Å². The summed E-state index contributed by atoms with van der Waals surface area (Å²) in [4.78, 5) is 4.23. The number of rotatable bonds is 5. The molecule has 0 amide bonds. The van der Waals surface area contributed by atoms with Crippen molar-refractivity contribution in [3.8, 4) is 0 Å². The molecular weight excluding hydrogens is 300 g/mol. The molecule has 0 aromatic carbocycles. The first-order chi connectivity index (χ1) is 10.6. The largest absolute Gasteiger partial charge is 0.335 e. The van der Waals surface area contributed by atoms with Crippen LogP contribution in [0.3, 0.4) is 0 Å². The van der Waals surface area contributed by atoms with Crippen LogP contribution in [0.25, 0.3) is 0 Å². The Morgan fingerprint density at radius 1 is 1.18 bits per heavy atom. The van der Waals surface area contributed by atoms with Gasteiger partial charge in [0, 0.05) is 44.6 Å². The van der Waals surface area contributed by atoms with Crippen LogP contribution in [0.1, 0.15) is 44.3 Å². The van der Waals surface area contributed by atoms with Crippen LogP contribution in [0.4, 0.5) is 0 Å². The van der Waals surface area contributed by atoms with E-state index in [9.17, 15) is 8.42 Å². The van der Waals surface area contributed by atoms with Crippen LogP contribution in [-0.2, 0) is 16.8 Å². The third kappa shape index (κ3) is 3.21. The Morgan fingerprint density at radius 2 is 1.91 bits per heavy atom. The second-order valence-electron chi connectivity index (χ2n) is 6.33. The molecule has 0 radical (unpaired) electrons. The van der Waals surface area contributed by atoms with Crippen molar-refractivity contribution in [2.75, 3.05) is 19.6 Å². The lowest BCUT2D eigenvalue weighted by atomic mass is 10.0. The van der Waals surface area contributed by atoms with Crippen molar-refractivity contribution < 1.29 is 8.42 Å². The highest BCUT2D eigenvalue weighted by molar-refractivity contribution is 7.86. The molecule has 2 fully saturated rings. The Kier molecular flexibility index (Phi) is 4.84. The van der Waals surface area contributed by atoms with Crippen LogP contribution >= 0.6 is 0 Å². The summed E-state index contributed by atoms with van der Waals surface area (Å²) in [5.74, 6) is 0.991. The Hall–Kier alpha value is -0.920. The standard InChI is InChI=1S/C15H26N4O2S/c1-14-16-8-13-17(14)12-7-15-6-2-3-11-19(15)22(20,21)18-9-4-5-10-18/h8,13,15H,2-7,9-12H2,1H3. The molecule has 22 heavy (non-hydrogen) atoms. The van der Waals surface area contributed by atoms with Crippen molar-refractivity contribution in [3.63, 3.8) is 0 Å². The van der Waals surface area contributed by atoms with Gasteiger partial charge in [-0.3, -0.25) is 0 Å². The van der Waals surface area contributed by atoms with E-state index in [0.29, 0.717) is 19.6 Å². The van der Waals surface area contributed by atoms with Crippen molar-refractivity contribution in [2.45, 2.75) is 58.0 Å². The summed E-state index contributed by atoms with van der Waals surface area (Å²) >= 11 is 0. The van der Waals surface area contributed by atoms with E-state index in [1.54, 1.807) is 14.8 Å². The second-order valence-corrected chi connectivity index (χ2v) is 8.21. The lowest BCUT2D eigenvalue weighted by molar-refractivity contribution is 0.219. The van der Waals surface area contributed by atoms with Gasteiger partial charge in [-0.15, -0.1) is 0 Å². The predicted octanol–water partition coefficient (Wildman–Crippen LogP) is 1.78. The molecule has 6 nitrogen and oxygen atoms in total. The number of aromatic nitrogens is 2. The number of nitrogens with zero attached hydrogens (tertiary/aromatic N) is 4. The fourth-order valence-corrected chi connectivity index (χ4v) is 5.53. The van der Waals surface area contributed by atoms with Crippen LogP contribution in [0.2, 0.25) is 0 Å². The fourth-order valence-electron chi connectivity index (χ4n) is 3.56. The molecule has 3 rings (SSSR count). The summed E-state index contributed by atoms with van der Waals surface area (Å²) in [6, 6.07) is 0.126. The topological polar surface area (TPSA) is 58.4 Å². The average Bonchev–Trinajstić information content (AvgIpc) is 3.17. The maximum absolute atomic E-state index is 12.9. The van der Waals surface area contributed by atoms with Gasteiger partial charge < -0.3 is 4.57 Å². The predicted molar refractivity (Wildman–Crippen MR) is 85.7 cm³/mol. The van der Waals surface area contributed by atoms with Gasteiger partial charge in [-0.1, -0.05) is 6.42 Å². The molecule has 2 saturated heterocycles. The molecule has 2 aliphatic heterocycles. The van der Waals surface area contributed by atoms with Gasteiger partial charge in [-0.05, 0) is 39.0 Å².